The number of anilines is 2. The summed E-state index contributed by atoms with van der Waals surface area (Å²) < 4.78 is 0. The van der Waals surface area contributed by atoms with E-state index in [0.29, 0.717) is 12.1 Å². The number of hydrogen-bond acceptors (Lipinski definition) is 4. The zero-order valence-corrected chi connectivity index (χ0v) is 12.7. The lowest BCUT2D eigenvalue weighted by atomic mass is 10.2. The highest BCUT2D eigenvalue weighted by atomic mass is 15.2. The summed E-state index contributed by atoms with van der Waals surface area (Å²) in [4.78, 5) is 9.51. The molecule has 0 bridgehead atoms. The van der Waals surface area contributed by atoms with Gasteiger partial charge in [-0.2, -0.15) is 0 Å². The standard InChI is InChI=1S/C16H26N4/c1-13(2)20-10-7-15(12-20)18-14-5-6-16(17-11-14)19-8-3-4-9-19/h5-6,11,13,15,18H,3-4,7-10,12H2,1-2H3. The largest absolute Gasteiger partial charge is 0.380 e. The second-order valence-corrected chi connectivity index (χ2v) is 6.32. The molecule has 0 aliphatic carbocycles. The molecular formula is C16H26N4. The molecule has 110 valence electrons. The molecule has 2 aliphatic heterocycles. The van der Waals surface area contributed by atoms with Crippen molar-refractivity contribution in [2.75, 3.05) is 36.4 Å². The van der Waals surface area contributed by atoms with Crippen molar-refractivity contribution in [2.24, 2.45) is 0 Å². The van der Waals surface area contributed by atoms with E-state index in [0.717, 1.165) is 31.1 Å². The highest BCUT2D eigenvalue weighted by molar-refractivity contribution is 5.49. The van der Waals surface area contributed by atoms with Crippen molar-refractivity contribution in [3.8, 4) is 0 Å². The average Bonchev–Trinajstić information content (AvgIpc) is 3.10. The molecule has 4 heteroatoms. The van der Waals surface area contributed by atoms with E-state index in [1.807, 2.05) is 6.20 Å². The first-order valence-corrected chi connectivity index (χ1v) is 7.94. The van der Waals surface area contributed by atoms with Crippen LogP contribution in [0.3, 0.4) is 0 Å². The summed E-state index contributed by atoms with van der Waals surface area (Å²) in [6.45, 7) is 9.21. The summed E-state index contributed by atoms with van der Waals surface area (Å²) in [5.74, 6) is 1.13. The molecule has 2 saturated heterocycles. The Morgan fingerprint density at radius 1 is 1.20 bits per heavy atom. The van der Waals surface area contributed by atoms with Crippen molar-refractivity contribution in [1.82, 2.24) is 9.88 Å². The normalized spacial score (nSPS) is 23.8. The van der Waals surface area contributed by atoms with Crippen LogP contribution in [-0.2, 0) is 0 Å². The molecule has 0 saturated carbocycles. The van der Waals surface area contributed by atoms with Gasteiger partial charge in [-0.25, -0.2) is 4.98 Å². The second-order valence-electron chi connectivity index (χ2n) is 6.32. The minimum absolute atomic E-state index is 0.567. The zero-order chi connectivity index (χ0) is 13.9. The fraction of sp³-hybridized carbons (Fsp3) is 0.688. The molecule has 3 rings (SSSR count). The van der Waals surface area contributed by atoms with Crippen LogP contribution in [0.5, 0.6) is 0 Å². The van der Waals surface area contributed by atoms with Crippen LogP contribution in [0.4, 0.5) is 11.5 Å². The smallest absolute Gasteiger partial charge is 0.128 e. The van der Waals surface area contributed by atoms with E-state index in [1.54, 1.807) is 0 Å². The Bertz CT molecular complexity index is 423. The highest BCUT2D eigenvalue weighted by Gasteiger charge is 2.24. The van der Waals surface area contributed by atoms with Gasteiger partial charge in [-0.3, -0.25) is 4.90 Å². The van der Waals surface area contributed by atoms with Crippen LogP contribution in [0.2, 0.25) is 0 Å². The Balaban J connectivity index is 1.56. The maximum absolute atomic E-state index is 4.61. The van der Waals surface area contributed by atoms with Gasteiger partial charge in [0.25, 0.3) is 0 Å². The molecule has 1 atom stereocenters. The molecule has 0 spiro atoms. The molecular weight excluding hydrogens is 248 g/mol. The quantitative estimate of drug-likeness (QED) is 0.914. The lowest BCUT2D eigenvalue weighted by molar-refractivity contribution is 0.274. The summed E-state index contributed by atoms with van der Waals surface area (Å²) in [6.07, 6.45) is 5.82. The molecule has 2 aliphatic rings. The fourth-order valence-corrected chi connectivity index (χ4v) is 3.21. The summed E-state index contributed by atoms with van der Waals surface area (Å²) in [7, 11) is 0. The van der Waals surface area contributed by atoms with Crippen molar-refractivity contribution >= 4 is 11.5 Å². The Hall–Kier alpha value is -1.29. The van der Waals surface area contributed by atoms with Crippen molar-refractivity contribution in [1.29, 1.82) is 0 Å². The minimum Gasteiger partial charge on any atom is -0.380 e. The molecule has 2 fully saturated rings. The number of hydrogen-bond donors (Lipinski definition) is 1. The molecule has 0 amide bonds. The lowest BCUT2D eigenvalue weighted by Gasteiger charge is -2.21. The van der Waals surface area contributed by atoms with E-state index in [1.165, 1.54) is 25.8 Å². The van der Waals surface area contributed by atoms with Crippen molar-refractivity contribution in [3.63, 3.8) is 0 Å². The van der Waals surface area contributed by atoms with Gasteiger partial charge in [-0.05, 0) is 45.2 Å². The van der Waals surface area contributed by atoms with Gasteiger partial charge in [0.05, 0.1) is 11.9 Å². The van der Waals surface area contributed by atoms with Gasteiger partial charge in [0.15, 0.2) is 0 Å². The van der Waals surface area contributed by atoms with E-state index in [4.69, 9.17) is 0 Å². The first-order valence-electron chi connectivity index (χ1n) is 7.94. The first-order chi connectivity index (χ1) is 9.72. The number of likely N-dealkylation sites (tertiary alicyclic amines) is 1. The van der Waals surface area contributed by atoms with E-state index in [2.05, 4.69) is 46.1 Å². The molecule has 3 heterocycles. The number of nitrogens with one attached hydrogen (secondary N) is 1. The Kier molecular flexibility index (Phi) is 4.10. The van der Waals surface area contributed by atoms with Crippen molar-refractivity contribution < 1.29 is 0 Å². The fourth-order valence-electron chi connectivity index (χ4n) is 3.21. The lowest BCUT2D eigenvalue weighted by Crippen LogP contribution is -2.31. The third-order valence-corrected chi connectivity index (χ3v) is 4.50. The van der Waals surface area contributed by atoms with Crippen LogP contribution >= 0.6 is 0 Å². The zero-order valence-electron chi connectivity index (χ0n) is 12.7. The number of rotatable bonds is 4. The first kappa shape index (κ1) is 13.7. The van der Waals surface area contributed by atoms with Gasteiger partial charge in [0.1, 0.15) is 5.82 Å². The van der Waals surface area contributed by atoms with Crippen molar-refractivity contribution in [3.05, 3.63) is 18.3 Å². The molecule has 4 nitrogen and oxygen atoms in total. The van der Waals surface area contributed by atoms with Crippen LogP contribution in [0.25, 0.3) is 0 Å². The number of pyridine rings is 1. The van der Waals surface area contributed by atoms with Gasteiger partial charge < -0.3 is 10.2 Å². The van der Waals surface area contributed by atoms with Crippen LogP contribution in [-0.4, -0.2) is 48.1 Å². The Labute approximate surface area is 122 Å². The molecule has 1 aromatic heterocycles. The molecule has 1 unspecified atom stereocenters. The van der Waals surface area contributed by atoms with Gasteiger partial charge in [-0.15, -0.1) is 0 Å². The van der Waals surface area contributed by atoms with Crippen LogP contribution in [0, 0.1) is 0 Å². The van der Waals surface area contributed by atoms with Crippen LogP contribution in [0.1, 0.15) is 33.1 Å². The minimum atomic E-state index is 0.567. The molecule has 0 radical (unpaired) electrons. The third kappa shape index (κ3) is 3.06. The molecule has 20 heavy (non-hydrogen) atoms. The van der Waals surface area contributed by atoms with Gasteiger partial charge in [0, 0.05) is 38.3 Å². The Morgan fingerprint density at radius 2 is 2.00 bits per heavy atom. The van der Waals surface area contributed by atoms with E-state index < -0.39 is 0 Å². The van der Waals surface area contributed by atoms with Crippen molar-refractivity contribution in [2.45, 2.75) is 45.2 Å². The SMILES string of the molecule is CC(C)N1CCC(Nc2ccc(N3CCCC3)nc2)C1. The predicted molar refractivity (Wildman–Crippen MR) is 84.4 cm³/mol. The van der Waals surface area contributed by atoms with Gasteiger partial charge >= 0.3 is 0 Å². The molecule has 1 aromatic rings. The Morgan fingerprint density at radius 3 is 2.60 bits per heavy atom. The molecule has 1 N–H and O–H groups in total. The summed E-state index contributed by atoms with van der Waals surface area (Å²) in [5, 5.41) is 3.62. The topological polar surface area (TPSA) is 31.4 Å². The third-order valence-electron chi connectivity index (χ3n) is 4.50. The van der Waals surface area contributed by atoms with Gasteiger partial charge in [0.2, 0.25) is 0 Å². The summed E-state index contributed by atoms with van der Waals surface area (Å²) >= 11 is 0. The molecule has 0 aromatic carbocycles. The van der Waals surface area contributed by atoms with Gasteiger partial charge in [-0.1, -0.05) is 0 Å². The summed E-state index contributed by atoms with van der Waals surface area (Å²) in [5.41, 5.74) is 1.16. The maximum Gasteiger partial charge on any atom is 0.128 e. The van der Waals surface area contributed by atoms with E-state index >= 15 is 0 Å². The predicted octanol–water partition coefficient (Wildman–Crippen LogP) is 2.58. The second kappa shape index (κ2) is 6.00. The highest BCUT2D eigenvalue weighted by Crippen LogP contribution is 2.21. The van der Waals surface area contributed by atoms with Crippen LogP contribution < -0.4 is 10.2 Å². The van der Waals surface area contributed by atoms with E-state index in [9.17, 15) is 0 Å². The maximum atomic E-state index is 4.61. The average molecular weight is 274 g/mol. The van der Waals surface area contributed by atoms with Crippen LogP contribution in [0.15, 0.2) is 18.3 Å². The number of nitrogens with zero attached hydrogens (tertiary/aromatic N) is 3. The summed E-state index contributed by atoms with van der Waals surface area (Å²) in [6, 6.07) is 5.55. The monoisotopic (exact) mass is 274 g/mol. The van der Waals surface area contributed by atoms with E-state index in [-0.39, 0.29) is 0 Å². The number of aromatic nitrogens is 1.